The SMILES string of the molecule is CCCCN=c1nc(N)n(O)c(C)c1Br. The Labute approximate surface area is 96.8 Å². The molecule has 0 aliphatic heterocycles. The second-order valence-electron chi connectivity index (χ2n) is 3.24. The van der Waals surface area contributed by atoms with E-state index in [1.54, 1.807) is 6.92 Å². The first kappa shape index (κ1) is 12.0. The highest BCUT2D eigenvalue weighted by Gasteiger charge is 2.06. The first-order valence-electron chi connectivity index (χ1n) is 4.82. The van der Waals surface area contributed by atoms with Gasteiger partial charge in [-0.2, -0.15) is 9.71 Å². The van der Waals surface area contributed by atoms with Gasteiger partial charge in [0.1, 0.15) is 0 Å². The summed E-state index contributed by atoms with van der Waals surface area (Å²) in [5.74, 6) is 0.0472. The quantitative estimate of drug-likeness (QED) is 0.648. The second-order valence-corrected chi connectivity index (χ2v) is 4.03. The van der Waals surface area contributed by atoms with E-state index in [4.69, 9.17) is 5.73 Å². The van der Waals surface area contributed by atoms with Crippen molar-refractivity contribution in [1.29, 1.82) is 0 Å². The average molecular weight is 275 g/mol. The van der Waals surface area contributed by atoms with Crippen LogP contribution in [0.2, 0.25) is 0 Å². The fourth-order valence-corrected chi connectivity index (χ4v) is 1.46. The molecular weight excluding hydrogens is 260 g/mol. The number of anilines is 1. The number of halogens is 1. The Morgan fingerprint density at radius 3 is 2.87 bits per heavy atom. The number of hydrogen-bond acceptors (Lipinski definition) is 4. The molecule has 1 heterocycles. The van der Waals surface area contributed by atoms with Crippen molar-refractivity contribution < 1.29 is 5.21 Å². The number of rotatable bonds is 3. The van der Waals surface area contributed by atoms with Gasteiger partial charge in [-0.25, -0.2) is 0 Å². The van der Waals surface area contributed by atoms with Gasteiger partial charge in [-0.15, -0.1) is 0 Å². The van der Waals surface area contributed by atoms with Crippen LogP contribution in [0.15, 0.2) is 9.47 Å². The fourth-order valence-electron chi connectivity index (χ4n) is 1.08. The van der Waals surface area contributed by atoms with Crippen LogP contribution in [0.1, 0.15) is 25.5 Å². The maximum atomic E-state index is 9.44. The van der Waals surface area contributed by atoms with E-state index in [9.17, 15) is 5.21 Å². The van der Waals surface area contributed by atoms with Crippen LogP contribution >= 0.6 is 15.9 Å². The molecule has 0 saturated heterocycles. The molecule has 0 saturated carbocycles. The molecule has 0 aromatic carbocycles. The second kappa shape index (κ2) is 5.16. The molecule has 0 aliphatic carbocycles. The van der Waals surface area contributed by atoms with Gasteiger partial charge in [-0.1, -0.05) is 13.3 Å². The Hall–Kier alpha value is -1.04. The molecule has 1 aromatic heterocycles. The van der Waals surface area contributed by atoms with Crippen molar-refractivity contribution in [3.05, 3.63) is 15.7 Å². The molecule has 0 bridgehead atoms. The summed E-state index contributed by atoms with van der Waals surface area (Å²) in [7, 11) is 0. The molecule has 0 fully saturated rings. The van der Waals surface area contributed by atoms with Gasteiger partial charge in [-0.05, 0) is 29.3 Å². The monoisotopic (exact) mass is 274 g/mol. The van der Waals surface area contributed by atoms with E-state index in [0.717, 1.165) is 24.1 Å². The molecule has 84 valence electrons. The highest BCUT2D eigenvalue weighted by molar-refractivity contribution is 9.10. The van der Waals surface area contributed by atoms with E-state index in [0.29, 0.717) is 15.7 Å². The minimum atomic E-state index is 0.0472. The van der Waals surface area contributed by atoms with Crippen LogP contribution in [0.4, 0.5) is 5.95 Å². The van der Waals surface area contributed by atoms with Crippen molar-refractivity contribution in [2.75, 3.05) is 12.3 Å². The molecule has 0 unspecified atom stereocenters. The summed E-state index contributed by atoms with van der Waals surface area (Å²) >= 11 is 3.32. The van der Waals surface area contributed by atoms with Crippen LogP contribution in [0.5, 0.6) is 0 Å². The van der Waals surface area contributed by atoms with E-state index in [1.807, 2.05) is 0 Å². The summed E-state index contributed by atoms with van der Waals surface area (Å²) in [6, 6.07) is 0. The topological polar surface area (TPSA) is 76.4 Å². The van der Waals surface area contributed by atoms with Crippen molar-refractivity contribution in [3.8, 4) is 0 Å². The molecule has 0 radical (unpaired) electrons. The van der Waals surface area contributed by atoms with Crippen LogP contribution in [0.25, 0.3) is 0 Å². The molecule has 6 heteroatoms. The Kier molecular flexibility index (Phi) is 4.14. The third-order valence-corrected chi connectivity index (χ3v) is 2.97. The lowest BCUT2D eigenvalue weighted by Gasteiger charge is -2.07. The number of unbranched alkanes of at least 4 members (excludes halogenated alkanes) is 1. The first-order chi connectivity index (χ1) is 7.07. The number of hydrogen-bond donors (Lipinski definition) is 2. The third-order valence-electron chi connectivity index (χ3n) is 2.04. The van der Waals surface area contributed by atoms with E-state index >= 15 is 0 Å². The molecule has 5 nitrogen and oxygen atoms in total. The molecule has 15 heavy (non-hydrogen) atoms. The van der Waals surface area contributed by atoms with E-state index in [1.165, 1.54) is 0 Å². The molecule has 0 aliphatic rings. The molecule has 0 atom stereocenters. The van der Waals surface area contributed by atoms with Gasteiger partial charge in [0, 0.05) is 6.54 Å². The highest BCUT2D eigenvalue weighted by atomic mass is 79.9. The Morgan fingerprint density at radius 1 is 1.60 bits per heavy atom. The zero-order valence-corrected chi connectivity index (χ0v) is 10.5. The lowest BCUT2D eigenvalue weighted by Crippen LogP contribution is -2.21. The van der Waals surface area contributed by atoms with Crippen molar-refractivity contribution in [3.63, 3.8) is 0 Å². The minimum absolute atomic E-state index is 0.0472. The maximum Gasteiger partial charge on any atom is 0.236 e. The van der Waals surface area contributed by atoms with Crippen molar-refractivity contribution in [1.82, 2.24) is 9.71 Å². The van der Waals surface area contributed by atoms with Crippen LogP contribution < -0.4 is 11.2 Å². The van der Waals surface area contributed by atoms with Crippen LogP contribution in [0.3, 0.4) is 0 Å². The summed E-state index contributed by atoms with van der Waals surface area (Å²) in [5.41, 5.74) is 6.66. The lowest BCUT2D eigenvalue weighted by molar-refractivity contribution is 0.179. The predicted molar refractivity (Wildman–Crippen MR) is 61.6 cm³/mol. The van der Waals surface area contributed by atoms with Gasteiger partial charge in [0.2, 0.25) is 5.95 Å². The summed E-state index contributed by atoms with van der Waals surface area (Å²) < 4.78 is 1.51. The Morgan fingerprint density at radius 2 is 2.27 bits per heavy atom. The Balaban J connectivity index is 3.14. The van der Waals surface area contributed by atoms with Gasteiger partial charge in [-0.3, -0.25) is 4.99 Å². The fraction of sp³-hybridized carbons (Fsp3) is 0.556. The molecule has 1 aromatic rings. The molecule has 1 rings (SSSR count). The third kappa shape index (κ3) is 2.71. The zero-order chi connectivity index (χ0) is 11.4. The number of nitrogens with zero attached hydrogens (tertiary/aromatic N) is 3. The normalized spacial score (nSPS) is 12.1. The number of nitrogens with two attached hydrogens (primary N) is 1. The van der Waals surface area contributed by atoms with Gasteiger partial charge in [0.05, 0.1) is 10.2 Å². The number of nitrogen functional groups attached to an aromatic ring is 1. The molecule has 0 amide bonds. The van der Waals surface area contributed by atoms with E-state index in [-0.39, 0.29) is 5.95 Å². The minimum Gasteiger partial charge on any atom is -0.425 e. The zero-order valence-electron chi connectivity index (χ0n) is 8.87. The standard InChI is InChI=1S/C9H15BrN4O/c1-3-4-5-12-8-7(10)6(2)14(15)9(11)13-8/h15H,3-5H2,1-2H3,(H2,11,12,13). The van der Waals surface area contributed by atoms with E-state index < -0.39 is 0 Å². The smallest absolute Gasteiger partial charge is 0.236 e. The largest absolute Gasteiger partial charge is 0.425 e. The molecule has 3 N–H and O–H groups in total. The lowest BCUT2D eigenvalue weighted by atomic mass is 10.3. The number of aromatic nitrogens is 2. The summed E-state index contributed by atoms with van der Waals surface area (Å²) in [6.07, 6.45) is 2.10. The van der Waals surface area contributed by atoms with Gasteiger partial charge >= 0.3 is 0 Å². The maximum absolute atomic E-state index is 9.44. The van der Waals surface area contributed by atoms with Gasteiger partial charge in [0.25, 0.3) is 0 Å². The summed E-state index contributed by atoms with van der Waals surface area (Å²) in [6.45, 7) is 4.56. The van der Waals surface area contributed by atoms with Crippen molar-refractivity contribution in [2.45, 2.75) is 26.7 Å². The van der Waals surface area contributed by atoms with Crippen molar-refractivity contribution in [2.24, 2.45) is 4.99 Å². The van der Waals surface area contributed by atoms with E-state index in [2.05, 4.69) is 32.8 Å². The highest BCUT2D eigenvalue weighted by Crippen LogP contribution is 2.10. The van der Waals surface area contributed by atoms with Gasteiger partial charge in [0.15, 0.2) is 5.49 Å². The predicted octanol–water partition coefficient (Wildman–Crippen LogP) is 1.47. The van der Waals surface area contributed by atoms with Crippen LogP contribution in [0, 0.1) is 6.92 Å². The molecule has 0 spiro atoms. The summed E-state index contributed by atoms with van der Waals surface area (Å²) in [4.78, 5) is 8.28. The molecular formula is C9H15BrN4O. The first-order valence-corrected chi connectivity index (χ1v) is 5.61. The summed E-state index contributed by atoms with van der Waals surface area (Å²) in [5, 5.41) is 9.44. The van der Waals surface area contributed by atoms with Gasteiger partial charge < -0.3 is 10.9 Å². The van der Waals surface area contributed by atoms with Crippen molar-refractivity contribution >= 4 is 21.9 Å². The average Bonchev–Trinajstić information content (AvgIpc) is 2.23. The van der Waals surface area contributed by atoms with Crippen LogP contribution in [-0.2, 0) is 0 Å². The Bertz CT molecular complexity index is 413. The van der Waals surface area contributed by atoms with Crippen LogP contribution in [-0.4, -0.2) is 21.5 Å².